The lowest BCUT2D eigenvalue weighted by Gasteiger charge is -2.41. The topological polar surface area (TPSA) is 60.9 Å². The molecule has 17 heavy (non-hydrogen) atoms. The summed E-state index contributed by atoms with van der Waals surface area (Å²) in [5, 5.41) is 9.21. The molecule has 1 heterocycles. The Bertz CT molecular complexity index is 304. The molecule has 0 spiro atoms. The highest BCUT2D eigenvalue weighted by Crippen LogP contribution is 2.29. The van der Waals surface area contributed by atoms with Gasteiger partial charge in [0.2, 0.25) is 5.91 Å². The molecule has 1 aliphatic heterocycles. The van der Waals surface area contributed by atoms with Crippen molar-refractivity contribution in [2.45, 2.75) is 26.3 Å². The molecule has 1 fully saturated rings. The van der Waals surface area contributed by atoms with Crippen LogP contribution in [0.2, 0.25) is 0 Å². The lowest BCUT2D eigenvalue weighted by Crippen LogP contribution is -2.54. The number of carbonyl (C=O) groups is 2. The van der Waals surface area contributed by atoms with Crippen LogP contribution in [0.5, 0.6) is 0 Å². The fourth-order valence-electron chi connectivity index (χ4n) is 2.50. The molecule has 3 unspecified atom stereocenters. The van der Waals surface area contributed by atoms with Gasteiger partial charge in [-0.15, -0.1) is 0 Å². The number of nitrogens with zero attached hydrogens (tertiary/aromatic N) is 2. The summed E-state index contributed by atoms with van der Waals surface area (Å²) in [7, 11) is 3.88. The molecule has 5 nitrogen and oxygen atoms in total. The number of carbonyl (C=O) groups excluding carboxylic acids is 1. The van der Waals surface area contributed by atoms with E-state index in [1.165, 1.54) is 0 Å². The minimum Gasteiger partial charge on any atom is -0.481 e. The SMILES string of the molecule is CC1CC(=O)N(CCN(C)C)C(C)C1C(=O)O. The van der Waals surface area contributed by atoms with Gasteiger partial charge in [-0.05, 0) is 26.9 Å². The van der Waals surface area contributed by atoms with Crippen molar-refractivity contribution in [3.63, 3.8) is 0 Å². The number of hydrogen-bond donors (Lipinski definition) is 1. The summed E-state index contributed by atoms with van der Waals surface area (Å²) in [4.78, 5) is 26.8. The number of hydrogen-bond acceptors (Lipinski definition) is 3. The van der Waals surface area contributed by atoms with Crippen LogP contribution in [0.25, 0.3) is 0 Å². The Morgan fingerprint density at radius 1 is 1.47 bits per heavy atom. The molecule has 1 amide bonds. The zero-order chi connectivity index (χ0) is 13.2. The first-order valence-corrected chi connectivity index (χ1v) is 6.01. The first-order valence-electron chi connectivity index (χ1n) is 6.01. The van der Waals surface area contributed by atoms with Crippen LogP contribution < -0.4 is 0 Å². The Labute approximate surface area is 102 Å². The van der Waals surface area contributed by atoms with Crippen LogP contribution in [0.15, 0.2) is 0 Å². The van der Waals surface area contributed by atoms with E-state index in [1.807, 2.05) is 32.8 Å². The third-order valence-electron chi connectivity index (χ3n) is 3.51. The van der Waals surface area contributed by atoms with Gasteiger partial charge in [0.1, 0.15) is 0 Å². The number of likely N-dealkylation sites (N-methyl/N-ethyl adjacent to an activating group) is 1. The molecule has 0 saturated carbocycles. The molecule has 3 atom stereocenters. The molecule has 1 saturated heterocycles. The largest absolute Gasteiger partial charge is 0.481 e. The maximum atomic E-state index is 11.9. The molecule has 0 radical (unpaired) electrons. The van der Waals surface area contributed by atoms with Gasteiger partial charge in [-0.3, -0.25) is 9.59 Å². The highest BCUT2D eigenvalue weighted by Gasteiger charge is 2.41. The van der Waals surface area contributed by atoms with E-state index in [0.717, 1.165) is 6.54 Å². The van der Waals surface area contributed by atoms with Crippen LogP contribution in [0.3, 0.4) is 0 Å². The molecule has 1 rings (SSSR count). The third-order valence-corrected chi connectivity index (χ3v) is 3.51. The smallest absolute Gasteiger partial charge is 0.308 e. The maximum absolute atomic E-state index is 11.9. The van der Waals surface area contributed by atoms with E-state index in [-0.39, 0.29) is 17.9 Å². The summed E-state index contributed by atoms with van der Waals surface area (Å²) in [5.41, 5.74) is 0. The van der Waals surface area contributed by atoms with Crippen molar-refractivity contribution in [1.82, 2.24) is 9.80 Å². The summed E-state index contributed by atoms with van der Waals surface area (Å²) >= 11 is 0. The van der Waals surface area contributed by atoms with Gasteiger partial charge in [0.15, 0.2) is 0 Å². The number of likely N-dealkylation sites (tertiary alicyclic amines) is 1. The van der Waals surface area contributed by atoms with E-state index in [9.17, 15) is 14.7 Å². The van der Waals surface area contributed by atoms with Gasteiger partial charge < -0.3 is 14.9 Å². The average Bonchev–Trinajstić information content (AvgIpc) is 2.14. The molecule has 0 aromatic heterocycles. The number of carboxylic acid groups (broad SMARTS) is 1. The van der Waals surface area contributed by atoms with Gasteiger partial charge in [-0.25, -0.2) is 0 Å². The van der Waals surface area contributed by atoms with Crippen LogP contribution in [-0.2, 0) is 9.59 Å². The summed E-state index contributed by atoms with van der Waals surface area (Å²) in [6.45, 7) is 5.04. The summed E-state index contributed by atoms with van der Waals surface area (Å²) in [5.74, 6) is -1.25. The Kier molecular flexibility index (Phi) is 4.51. The first kappa shape index (κ1) is 14.0. The van der Waals surface area contributed by atoms with Crippen LogP contribution >= 0.6 is 0 Å². The maximum Gasteiger partial charge on any atom is 0.308 e. The monoisotopic (exact) mass is 242 g/mol. The number of aliphatic carboxylic acids is 1. The zero-order valence-electron chi connectivity index (χ0n) is 11.0. The zero-order valence-corrected chi connectivity index (χ0v) is 11.0. The molecule has 0 aromatic rings. The van der Waals surface area contributed by atoms with Crippen LogP contribution in [-0.4, -0.2) is 60.0 Å². The van der Waals surface area contributed by atoms with Crippen LogP contribution in [0.4, 0.5) is 0 Å². The predicted molar refractivity (Wildman–Crippen MR) is 64.6 cm³/mol. The average molecular weight is 242 g/mol. The molecule has 5 heteroatoms. The second-order valence-electron chi connectivity index (χ2n) is 5.18. The van der Waals surface area contributed by atoms with Crippen LogP contribution in [0, 0.1) is 11.8 Å². The standard InChI is InChI=1S/C12H22N2O3/c1-8-7-10(15)14(6-5-13(3)4)9(2)11(8)12(16)17/h8-9,11H,5-7H2,1-4H3,(H,16,17). The number of piperidine rings is 1. The van der Waals surface area contributed by atoms with E-state index in [1.54, 1.807) is 4.90 Å². The van der Waals surface area contributed by atoms with Gasteiger partial charge in [0.25, 0.3) is 0 Å². The predicted octanol–water partition coefficient (Wildman–Crippen LogP) is 0.506. The van der Waals surface area contributed by atoms with Crippen molar-refractivity contribution >= 4 is 11.9 Å². The van der Waals surface area contributed by atoms with Gasteiger partial charge >= 0.3 is 5.97 Å². The molecule has 0 bridgehead atoms. The van der Waals surface area contributed by atoms with Crippen molar-refractivity contribution in [2.24, 2.45) is 11.8 Å². The molecule has 1 N–H and O–H groups in total. The Hall–Kier alpha value is -1.10. The molecule has 0 aliphatic carbocycles. The number of rotatable bonds is 4. The molecular formula is C12H22N2O3. The highest BCUT2D eigenvalue weighted by atomic mass is 16.4. The van der Waals surface area contributed by atoms with E-state index < -0.39 is 11.9 Å². The number of carboxylic acids is 1. The molecular weight excluding hydrogens is 220 g/mol. The van der Waals surface area contributed by atoms with E-state index in [2.05, 4.69) is 0 Å². The Balaban J connectivity index is 2.75. The first-order chi connectivity index (χ1) is 7.84. The fraction of sp³-hybridized carbons (Fsp3) is 0.833. The summed E-state index contributed by atoms with van der Waals surface area (Å²) < 4.78 is 0. The van der Waals surface area contributed by atoms with Crippen molar-refractivity contribution in [1.29, 1.82) is 0 Å². The minimum absolute atomic E-state index is 0.0735. The van der Waals surface area contributed by atoms with Gasteiger partial charge in [-0.1, -0.05) is 6.92 Å². The van der Waals surface area contributed by atoms with Crippen molar-refractivity contribution in [2.75, 3.05) is 27.2 Å². The van der Waals surface area contributed by atoms with E-state index in [0.29, 0.717) is 13.0 Å². The molecule has 98 valence electrons. The normalized spacial score (nSPS) is 29.8. The van der Waals surface area contributed by atoms with Gasteiger partial charge in [0, 0.05) is 25.6 Å². The van der Waals surface area contributed by atoms with Gasteiger partial charge in [0.05, 0.1) is 5.92 Å². The van der Waals surface area contributed by atoms with E-state index >= 15 is 0 Å². The van der Waals surface area contributed by atoms with Crippen molar-refractivity contribution < 1.29 is 14.7 Å². The quantitative estimate of drug-likeness (QED) is 0.780. The Morgan fingerprint density at radius 2 is 2.06 bits per heavy atom. The third kappa shape index (κ3) is 3.19. The van der Waals surface area contributed by atoms with Crippen LogP contribution in [0.1, 0.15) is 20.3 Å². The van der Waals surface area contributed by atoms with Gasteiger partial charge in [-0.2, -0.15) is 0 Å². The Morgan fingerprint density at radius 3 is 2.53 bits per heavy atom. The summed E-state index contributed by atoms with van der Waals surface area (Å²) in [6, 6.07) is -0.219. The summed E-state index contributed by atoms with van der Waals surface area (Å²) in [6.07, 6.45) is 0.342. The second-order valence-corrected chi connectivity index (χ2v) is 5.18. The highest BCUT2D eigenvalue weighted by molar-refractivity contribution is 5.81. The van der Waals surface area contributed by atoms with Crippen molar-refractivity contribution in [3.8, 4) is 0 Å². The molecule has 0 aromatic carbocycles. The van der Waals surface area contributed by atoms with Crippen molar-refractivity contribution in [3.05, 3.63) is 0 Å². The lowest BCUT2D eigenvalue weighted by atomic mass is 9.81. The molecule has 1 aliphatic rings. The second kappa shape index (κ2) is 5.49. The minimum atomic E-state index is -0.799. The fourth-order valence-corrected chi connectivity index (χ4v) is 2.50. The number of amides is 1. The lowest BCUT2D eigenvalue weighted by molar-refractivity contribution is -0.154. The van der Waals surface area contributed by atoms with E-state index in [4.69, 9.17) is 0 Å².